The first kappa shape index (κ1) is 19.4. The molecule has 0 bridgehead atoms. The lowest BCUT2D eigenvalue weighted by Crippen LogP contribution is -2.45. The Hall–Kier alpha value is -2.29. The van der Waals surface area contributed by atoms with Gasteiger partial charge in [-0.3, -0.25) is 0 Å². The number of anilines is 1. The van der Waals surface area contributed by atoms with Crippen molar-refractivity contribution in [1.29, 1.82) is 0 Å². The van der Waals surface area contributed by atoms with Crippen molar-refractivity contribution in [2.45, 2.75) is 32.2 Å². The number of halogens is 1. The topological polar surface area (TPSA) is 83.7 Å². The maximum Gasteiger partial charge on any atom is 0.162 e. The lowest BCUT2D eigenvalue weighted by Gasteiger charge is -2.42. The van der Waals surface area contributed by atoms with Gasteiger partial charge >= 0.3 is 0 Å². The Morgan fingerprint density at radius 1 is 1.23 bits per heavy atom. The molecule has 4 heterocycles. The van der Waals surface area contributed by atoms with E-state index in [1.165, 1.54) is 10.3 Å². The van der Waals surface area contributed by atoms with Crippen LogP contribution in [0.2, 0.25) is 0 Å². The predicted octanol–water partition coefficient (Wildman–Crippen LogP) is 5.00. The number of nitrogens with zero attached hydrogens (tertiary/aromatic N) is 4. The van der Waals surface area contributed by atoms with Gasteiger partial charge in [0.1, 0.15) is 4.60 Å². The zero-order valence-electron chi connectivity index (χ0n) is 17.2. The first-order valence-electron chi connectivity index (χ1n) is 10.6. The Morgan fingerprint density at radius 2 is 2.06 bits per heavy atom. The van der Waals surface area contributed by atoms with Crippen LogP contribution in [0.1, 0.15) is 35.1 Å². The molecule has 3 aromatic heterocycles. The van der Waals surface area contributed by atoms with Crippen LogP contribution < -0.4 is 10.6 Å². The lowest BCUT2D eigenvalue weighted by molar-refractivity contribution is 0.186. The predicted molar refractivity (Wildman–Crippen MR) is 128 cm³/mol. The van der Waals surface area contributed by atoms with E-state index < -0.39 is 0 Å². The normalized spacial score (nSPS) is 20.0. The Kier molecular flexibility index (Phi) is 4.45. The highest BCUT2D eigenvalue weighted by atomic mass is 79.9. The Balaban J connectivity index is 1.26. The average molecular weight is 495 g/mol. The highest BCUT2D eigenvalue weighted by Crippen LogP contribution is 2.51. The zero-order chi connectivity index (χ0) is 21.2. The van der Waals surface area contributed by atoms with Gasteiger partial charge in [-0.1, -0.05) is 12.1 Å². The molecule has 1 atom stereocenters. The highest BCUT2D eigenvalue weighted by molar-refractivity contribution is 9.10. The number of hydrogen-bond donors (Lipinski definition) is 2. The third-order valence-electron chi connectivity index (χ3n) is 7.04. The number of piperidine rings is 1. The minimum absolute atomic E-state index is 0.0532. The van der Waals surface area contributed by atoms with Crippen LogP contribution in [0.3, 0.4) is 0 Å². The fourth-order valence-corrected chi connectivity index (χ4v) is 6.67. The van der Waals surface area contributed by atoms with E-state index in [1.807, 2.05) is 18.6 Å². The molecule has 1 aliphatic carbocycles. The molecule has 1 saturated heterocycles. The SMILES string of the molecule is Cc1nc(N2CCC3(CC2)Cc2scnc2[C@H]3N)c(Br)nc1-c1ccc2cc[nH]c2c1. The van der Waals surface area contributed by atoms with Crippen molar-refractivity contribution in [3.63, 3.8) is 0 Å². The summed E-state index contributed by atoms with van der Waals surface area (Å²) in [6.07, 6.45) is 5.12. The number of nitrogens with one attached hydrogen (secondary N) is 1. The third-order valence-corrected chi connectivity index (χ3v) is 8.42. The van der Waals surface area contributed by atoms with Gasteiger partial charge in [-0.2, -0.15) is 0 Å². The van der Waals surface area contributed by atoms with E-state index in [0.717, 1.165) is 70.9 Å². The minimum atomic E-state index is 0.0532. The van der Waals surface area contributed by atoms with Crippen molar-refractivity contribution in [3.05, 3.63) is 56.8 Å². The van der Waals surface area contributed by atoms with E-state index in [9.17, 15) is 0 Å². The van der Waals surface area contributed by atoms with Crippen LogP contribution in [0, 0.1) is 12.3 Å². The minimum Gasteiger partial charge on any atom is -0.361 e. The number of rotatable bonds is 2. The van der Waals surface area contributed by atoms with Crippen LogP contribution in [0.15, 0.2) is 40.6 Å². The molecule has 1 aromatic carbocycles. The summed E-state index contributed by atoms with van der Waals surface area (Å²) in [4.78, 5) is 21.4. The van der Waals surface area contributed by atoms with Crippen LogP contribution in [0.4, 0.5) is 5.82 Å². The molecule has 0 unspecified atom stereocenters. The Labute approximate surface area is 193 Å². The van der Waals surface area contributed by atoms with Crippen LogP contribution in [-0.4, -0.2) is 33.0 Å². The molecule has 2 aliphatic rings. The van der Waals surface area contributed by atoms with Crippen LogP contribution in [-0.2, 0) is 6.42 Å². The number of thiazole rings is 1. The number of nitrogens with two attached hydrogens (primary N) is 1. The van der Waals surface area contributed by atoms with E-state index in [0.29, 0.717) is 0 Å². The summed E-state index contributed by atoms with van der Waals surface area (Å²) in [6.45, 7) is 3.91. The summed E-state index contributed by atoms with van der Waals surface area (Å²) in [5, 5.41) is 1.20. The summed E-state index contributed by atoms with van der Waals surface area (Å²) in [7, 11) is 0. The van der Waals surface area contributed by atoms with E-state index in [2.05, 4.69) is 55.1 Å². The molecule has 1 fully saturated rings. The van der Waals surface area contributed by atoms with Crippen molar-refractivity contribution in [2.75, 3.05) is 18.0 Å². The second kappa shape index (κ2) is 7.12. The molecule has 0 amide bonds. The Bertz CT molecular complexity index is 1290. The van der Waals surface area contributed by atoms with Crippen molar-refractivity contribution in [1.82, 2.24) is 19.9 Å². The fourth-order valence-electron chi connectivity index (χ4n) is 5.19. The molecule has 158 valence electrons. The average Bonchev–Trinajstić information content (AvgIpc) is 3.48. The van der Waals surface area contributed by atoms with Gasteiger partial charge in [0, 0.05) is 35.2 Å². The summed E-state index contributed by atoms with van der Waals surface area (Å²) in [6, 6.07) is 8.49. The summed E-state index contributed by atoms with van der Waals surface area (Å²) < 4.78 is 0.798. The van der Waals surface area contributed by atoms with Gasteiger partial charge in [0.05, 0.1) is 28.6 Å². The molecule has 0 radical (unpaired) electrons. The second-order valence-electron chi connectivity index (χ2n) is 8.72. The number of fused-ring (bicyclic) bond motifs is 2. The van der Waals surface area contributed by atoms with Gasteiger partial charge in [0.25, 0.3) is 0 Å². The highest BCUT2D eigenvalue weighted by Gasteiger charge is 2.47. The van der Waals surface area contributed by atoms with Crippen molar-refractivity contribution in [3.8, 4) is 11.3 Å². The standard InChI is InChI=1S/C23H23BrN6S/c1-13-18(15-3-2-14-4-7-26-16(14)10-15)29-21(24)22(28-13)30-8-5-23(6-9-30)11-17-19(20(23)25)27-12-31-17/h2-4,7,10,12,20,26H,5-6,8-9,11,25H2,1H3/t20-/m1/s1. The maximum absolute atomic E-state index is 6.64. The molecule has 1 aliphatic heterocycles. The second-order valence-corrected chi connectivity index (χ2v) is 10.4. The fraction of sp³-hybridized carbons (Fsp3) is 0.348. The van der Waals surface area contributed by atoms with E-state index in [-0.39, 0.29) is 11.5 Å². The smallest absolute Gasteiger partial charge is 0.162 e. The molecule has 3 N–H and O–H groups in total. The summed E-state index contributed by atoms with van der Waals surface area (Å²) in [5.74, 6) is 0.927. The van der Waals surface area contributed by atoms with Gasteiger partial charge in [-0.15, -0.1) is 11.3 Å². The van der Waals surface area contributed by atoms with Crippen LogP contribution in [0.5, 0.6) is 0 Å². The molecule has 1 spiro atoms. The molecule has 0 saturated carbocycles. The van der Waals surface area contributed by atoms with Gasteiger partial charge in [0.2, 0.25) is 0 Å². The summed E-state index contributed by atoms with van der Waals surface area (Å²) >= 11 is 5.45. The van der Waals surface area contributed by atoms with Crippen LogP contribution >= 0.6 is 27.3 Å². The number of H-pyrrole nitrogens is 1. The molecule has 31 heavy (non-hydrogen) atoms. The molecule has 6 rings (SSSR count). The maximum atomic E-state index is 6.64. The van der Waals surface area contributed by atoms with Gasteiger partial charge < -0.3 is 15.6 Å². The number of hydrogen-bond acceptors (Lipinski definition) is 6. The van der Waals surface area contributed by atoms with Gasteiger partial charge in [-0.25, -0.2) is 15.0 Å². The lowest BCUT2D eigenvalue weighted by atomic mass is 9.73. The van der Waals surface area contributed by atoms with Crippen molar-refractivity contribution in [2.24, 2.45) is 11.1 Å². The van der Waals surface area contributed by atoms with Gasteiger partial charge in [-0.05, 0) is 65.1 Å². The van der Waals surface area contributed by atoms with Crippen molar-refractivity contribution >= 4 is 44.0 Å². The van der Waals surface area contributed by atoms with Crippen LogP contribution in [0.25, 0.3) is 22.2 Å². The number of aromatic nitrogens is 4. The largest absolute Gasteiger partial charge is 0.361 e. The number of aromatic amines is 1. The third kappa shape index (κ3) is 3.03. The van der Waals surface area contributed by atoms with Crippen molar-refractivity contribution < 1.29 is 0 Å². The van der Waals surface area contributed by atoms with E-state index in [4.69, 9.17) is 15.7 Å². The molecule has 8 heteroatoms. The monoisotopic (exact) mass is 494 g/mol. The molecule has 6 nitrogen and oxygen atoms in total. The molecular formula is C23H23BrN6S. The van der Waals surface area contributed by atoms with E-state index in [1.54, 1.807) is 11.3 Å². The zero-order valence-corrected chi connectivity index (χ0v) is 19.6. The number of benzene rings is 1. The number of aryl methyl sites for hydroxylation is 1. The van der Waals surface area contributed by atoms with Gasteiger partial charge in [0.15, 0.2) is 5.82 Å². The molecule has 4 aromatic rings. The summed E-state index contributed by atoms with van der Waals surface area (Å²) in [5.41, 5.74) is 13.9. The molecular weight excluding hydrogens is 472 g/mol. The Morgan fingerprint density at radius 3 is 2.87 bits per heavy atom. The first-order valence-corrected chi connectivity index (χ1v) is 12.3. The quantitative estimate of drug-likeness (QED) is 0.409. The van der Waals surface area contributed by atoms with E-state index >= 15 is 0 Å². The first-order chi connectivity index (χ1) is 15.0.